The van der Waals surface area contributed by atoms with E-state index in [-0.39, 0.29) is 17.9 Å². The van der Waals surface area contributed by atoms with Crippen LogP contribution < -0.4 is 5.32 Å². The van der Waals surface area contributed by atoms with Gasteiger partial charge in [-0.05, 0) is 12.3 Å². The molecule has 0 aromatic heterocycles. The van der Waals surface area contributed by atoms with Crippen LogP contribution >= 0.6 is 0 Å². The zero-order chi connectivity index (χ0) is 14.3. The van der Waals surface area contributed by atoms with Crippen LogP contribution in [0.3, 0.4) is 0 Å². The Bertz CT molecular complexity index is 266. The molecular weight excluding hydrogens is 234 g/mol. The molecule has 1 amide bonds. The highest BCUT2D eigenvalue weighted by Gasteiger charge is 2.25. The third-order valence-corrected chi connectivity index (χ3v) is 2.61. The van der Waals surface area contributed by atoms with E-state index in [1.54, 1.807) is 19.9 Å². The molecule has 0 heterocycles. The van der Waals surface area contributed by atoms with Crippen molar-refractivity contribution in [1.82, 2.24) is 5.32 Å². The monoisotopic (exact) mass is 259 g/mol. The van der Waals surface area contributed by atoms with Gasteiger partial charge in [0.1, 0.15) is 0 Å². The fourth-order valence-corrected chi connectivity index (χ4v) is 1.47. The molecule has 0 aliphatic heterocycles. The molecule has 5 nitrogen and oxygen atoms in total. The van der Waals surface area contributed by atoms with Gasteiger partial charge in [-0.15, -0.1) is 6.58 Å². The summed E-state index contributed by atoms with van der Waals surface area (Å²) in [4.78, 5) is 11.5. The van der Waals surface area contributed by atoms with E-state index in [2.05, 4.69) is 11.9 Å². The van der Waals surface area contributed by atoms with E-state index in [0.717, 1.165) is 6.42 Å². The van der Waals surface area contributed by atoms with Gasteiger partial charge in [0.2, 0.25) is 0 Å². The van der Waals surface area contributed by atoms with Gasteiger partial charge in [0.25, 0.3) is 0 Å². The summed E-state index contributed by atoms with van der Waals surface area (Å²) in [6.07, 6.45) is 0.268. The van der Waals surface area contributed by atoms with Gasteiger partial charge < -0.3 is 20.3 Å². The summed E-state index contributed by atoms with van der Waals surface area (Å²) in [5.74, 6) is -0.0984. The Kier molecular flexibility index (Phi) is 6.94. The Labute approximate surface area is 109 Å². The molecule has 0 saturated heterocycles. The number of alkyl carbamates (subject to hydrolysis) is 1. The molecule has 0 saturated carbocycles. The fourth-order valence-electron chi connectivity index (χ4n) is 1.47. The van der Waals surface area contributed by atoms with Crippen molar-refractivity contribution < 1.29 is 19.7 Å². The first-order valence-corrected chi connectivity index (χ1v) is 6.10. The Morgan fingerprint density at radius 3 is 2.39 bits per heavy atom. The van der Waals surface area contributed by atoms with Crippen LogP contribution in [0.2, 0.25) is 0 Å². The van der Waals surface area contributed by atoms with Gasteiger partial charge in [0.05, 0.1) is 12.6 Å². The molecule has 5 heteroatoms. The Morgan fingerprint density at radius 1 is 1.44 bits per heavy atom. The molecule has 0 radical (unpaired) electrons. The third kappa shape index (κ3) is 6.61. The Balaban J connectivity index is 4.22. The molecule has 0 aromatic rings. The first-order valence-electron chi connectivity index (χ1n) is 6.10. The average molecular weight is 259 g/mol. The van der Waals surface area contributed by atoms with E-state index < -0.39 is 18.4 Å². The van der Waals surface area contributed by atoms with Crippen LogP contribution in [0.1, 0.15) is 34.1 Å². The molecule has 0 fully saturated rings. The summed E-state index contributed by atoms with van der Waals surface area (Å²) < 4.78 is 5.07. The van der Waals surface area contributed by atoms with E-state index >= 15 is 0 Å². The summed E-state index contributed by atoms with van der Waals surface area (Å²) in [6, 6.07) is -0.736. The largest absolute Gasteiger partial charge is 0.449 e. The maximum Gasteiger partial charge on any atom is 0.407 e. The average Bonchev–Trinajstić information content (AvgIpc) is 2.22. The standard InChI is InChI=1S/C13H25NO4/c1-6-7-13(4,5)8-18-12(17)14-10(9(2)3)11(15)16/h6,9-11,15-16H,1,7-8H2,2-5H3,(H,14,17)/t10-/m0/s1. The molecule has 0 aromatic carbocycles. The van der Waals surface area contributed by atoms with Crippen molar-refractivity contribution in [2.24, 2.45) is 11.3 Å². The van der Waals surface area contributed by atoms with Gasteiger partial charge in [0, 0.05) is 5.41 Å². The van der Waals surface area contributed by atoms with Crippen molar-refractivity contribution in [1.29, 1.82) is 0 Å². The molecule has 0 bridgehead atoms. The number of carbonyl (C=O) groups is 1. The quantitative estimate of drug-likeness (QED) is 0.480. The molecule has 3 N–H and O–H groups in total. The zero-order valence-electron chi connectivity index (χ0n) is 11.6. The number of hydrogen-bond donors (Lipinski definition) is 3. The number of ether oxygens (including phenoxy) is 1. The summed E-state index contributed by atoms with van der Waals surface area (Å²) in [6.45, 7) is 11.4. The molecule has 0 spiro atoms. The zero-order valence-corrected chi connectivity index (χ0v) is 11.6. The highest BCUT2D eigenvalue weighted by Crippen LogP contribution is 2.20. The topological polar surface area (TPSA) is 78.8 Å². The van der Waals surface area contributed by atoms with Crippen molar-refractivity contribution in [2.75, 3.05) is 6.61 Å². The molecule has 0 aliphatic carbocycles. The highest BCUT2D eigenvalue weighted by atomic mass is 16.6. The summed E-state index contributed by atoms with van der Waals surface area (Å²) in [5, 5.41) is 20.7. The van der Waals surface area contributed by atoms with Gasteiger partial charge in [-0.25, -0.2) is 4.79 Å². The lowest BCUT2D eigenvalue weighted by molar-refractivity contribution is -0.0767. The normalized spacial score (nSPS) is 13.6. The second-order valence-corrected chi connectivity index (χ2v) is 5.56. The first kappa shape index (κ1) is 16.9. The highest BCUT2D eigenvalue weighted by molar-refractivity contribution is 5.67. The molecule has 0 rings (SSSR count). The number of carbonyl (C=O) groups excluding carboxylic acids is 1. The van der Waals surface area contributed by atoms with E-state index in [1.807, 2.05) is 13.8 Å². The summed E-state index contributed by atoms with van der Waals surface area (Å²) in [7, 11) is 0. The van der Waals surface area contributed by atoms with Crippen molar-refractivity contribution in [2.45, 2.75) is 46.4 Å². The summed E-state index contributed by atoms with van der Waals surface area (Å²) in [5.41, 5.74) is -0.176. The predicted molar refractivity (Wildman–Crippen MR) is 69.9 cm³/mol. The van der Waals surface area contributed by atoms with Crippen LogP contribution in [-0.4, -0.2) is 35.2 Å². The van der Waals surface area contributed by atoms with Gasteiger partial charge in [-0.3, -0.25) is 0 Å². The molecule has 0 aliphatic rings. The van der Waals surface area contributed by atoms with Crippen molar-refractivity contribution in [3.8, 4) is 0 Å². The lowest BCUT2D eigenvalue weighted by Crippen LogP contribution is -2.47. The van der Waals surface area contributed by atoms with Crippen LogP contribution in [-0.2, 0) is 4.74 Å². The molecule has 0 unspecified atom stereocenters. The SMILES string of the molecule is C=CCC(C)(C)COC(=O)N[C@@H](C(C)C)C(O)O. The van der Waals surface area contributed by atoms with E-state index in [0.29, 0.717) is 0 Å². The fraction of sp³-hybridized carbons (Fsp3) is 0.769. The Morgan fingerprint density at radius 2 is 2.00 bits per heavy atom. The second-order valence-electron chi connectivity index (χ2n) is 5.56. The minimum Gasteiger partial charge on any atom is -0.449 e. The lowest BCUT2D eigenvalue weighted by atomic mass is 9.91. The van der Waals surface area contributed by atoms with Crippen LogP contribution in [0.4, 0.5) is 4.79 Å². The number of rotatable bonds is 7. The number of hydrogen-bond acceptors (Lipinski definition) is 4. The van der Waals surface area contributed by atoms with E-state index in [9.17, 15) is 4.79 Å². The van der Waals surface area contributed by atoms with Crippen LogP contribution in [0.25, 0.3) is 0 Å². The minimum atomic E-state index is -1.60. The van der Waals surface area contributed by atoms with Crippen molar-refractivity contribution in [3.05, 3.63) is 12.7 Å². The summed E-state index contributed by atoms with van der Waals surface area (Å²) >= 11 is 0. The van der Waals surface area contributed by atoms with Crippen LogP contribution in [0.5, 0.6) is 0 Å². The first-order chi connectivity index (χ1) is 8.19. The maximum absolute atomic E-state index is 11.5. The predicted octanol–water partition coefficient (Wildman–Crippen LogP) is 1.65. The van der Waals surface area contributed by atoms with E-state index in [4.69, 9.17) is 14.9 Å². The number of aliphatic hydroxyl groups excluding tert-OH is 1. The number of nitrogens with one attached hydrogen (secondary N) is 1. The van der Waals surface area contributed by atoms with Crippen LogP contribution in [0.15, 0.2) is 12.7 Å². The molecular formula is C13H25NO4. The number of allylic oxidation sites excluding steroid dienone is 1. The lowest BCUT2D eigenvalue weighted by Gasteiger charge is -2.26. The van der Waals surface area contributed by atoms with Gasteiger partial charge >= 0.3 is 6.09 Å². The molecule has 18 heavy (non-hydrogen) atoms. The van der Waals surface area contributed by atoms with Gasteiger partial charge in [-0.2, -0.15) is 0 Å². The second kappa shape index (κ2) is 7.38. The minimum absolute atomic E-state index is 0.0984. The van der Waals surface area contributed by atoms with Crippen molar-refractivity contribution >= 4 is 6.09 Å². The van der Waals surface area contributed by atoms with E-state index in [1.165, 1.54) is 0 Å². The molecule has 1 atom stereocenters. The molecule has 106 valence electrons. The third-order valence-electron chi connectivity index (χ3n) is 2.61. The number of aliphatic hydroxyl groups is 2. The maximum atomic E-state index is 11.5. The smallest absolute Gasteiger partial charge is 0.407 e. The number of amides is 1. The Hall–Kier alpha value is -1.07. The van der Waals surface area contributed by atoms with Gasteiger partial charge in [0.15, 0.2) is 6.29 Å². The van der Waals surface area contributed by atoms with Crippen molar-refractivity contribution in [3.63, 3.8) is 0 Å². The van der Waals surface area contributed by atoms with Crippen LogP contribution in [0, 0.1) is 11.3 Å². The van der Waals surface area contributed by atoms with Gasteiger partial charge in [-0.1, -0.05) is 33.8 Å².